The molecule has 0 radical (unpaired) electrons. The van der Waals surface area contributed by atoms with Crippen LogP contribution < -0.4 is 30.3 Å². The minimum atomic E-state index is 0. The largest absolute Gasteiger partial charge is 0.494 e. The van der Waals surface area contributed by atoms with Gasteiger partial charge >= 0.3 is 0 Å². The second kappa shape index (κ2) is 26.1. The quantitative estimate of drug-likeness (QED) is 0.0907. The number of halogens is 6. The van der Waals surface area contributed by atoms with Gasteiger partial charge in [-0.3, -0.25) is 9.59 Å². The minimum Gasteiger partial charge on any atom is -0.494 e. The number of piperidine rings is 1. The summed E-state index contributed by atoms with van der Waals surface area (Å²) in [7, 11) is 0. The van der Waals surface area contributed by atoms with Gasteiger partial charge in [-0.2, -0.15) is 0 Å². The van der Waals surface area contributed by atoms with E-state index in [0.717, 1.165) is 160 Å². The fraction of sp³-hybridized carbons (Fsp3) is 0.447. The average molecular weight is 1010 g/mol. The normalized spacial score (nSPS) is 16.2. The first-order chi connectivity index (χ1) is 29.7. The molecule has 0 spiro atoms. The van der Waals surface area contributed by atoms with Gasteiger partial charge in [0.1, 0.15) is 11.5 Å². The van der Waals surface area contributed by atoms with Gasteiger partial charge in [0.05, 0.1) is 39.0 Å². The zero-order valence-corrected chi connectivity index (χ0v) is 40.4. The molecule has 8 rings (SSSR count). The standard InChI is InChI=1S/C24H28Cl2N2O2.C13H16BrNO2.C10H12Cl2N2.ClH/c25-22-5-3-4-20(23(22)26)18-9-13-28(14-10-18)12-1-2-15-30-19-7-6-17-8-11-27-24(29)21(17)16-19;14-6-1-2-8-17-11-4-3-10-5-7-15-13(16)12(10)9-11;11-8-2-1-3-9(10(8)12)14-6-4-13-5-7-14;/h3-7,16,18H,1-2,8-15H2,(H,27,29);3-4,9H,1-2,5-8H2,(H,15,16);1-3,13H,4-7H2;1H. The van der Waals surface area contributed by atoms with Crippen LogP contribution in [0.3, 0.4) is 0 Å². The summed E-state index contributed by atoms with van der Waals surface area (Å²) in [6.45, 7) is 10.1. The van der Waals surface area contributed by atoms with Gasteiger partial charge in [0.25, 0.3) is 11.8 Å². The molecule has 0 aliphatic carbocycles. The molecule has 15 heteroatoms. The molecular weight excluding hydrogens is 956 g/mol. The highest BCUT2D eigenvalue weighted by Crippen LogP contribution is 2.36. The SMILES string of the molecule is Cl.Clc1cccc(N2CCNCC2)c1Cl.O=C1NCCc2ccc(OCCCCBr)cc21.O=C1NCCc2ccc(OCCCCN3CCC(c4cccc(Cl)c4Cl)CC3)cc21. The fourth-order valence-corrected chi connectivity index (χ4v) is 9.19. The van der Waals surface area contributed by atoms with Gasteiger partial charge in [-0.1, -0.05) is 92.7 Å². The van der Waals surface area contributed by atoms with Crippen LogP contribution in [0.2, 0.25) is 20.1 Å². The predicted molar refractivity (Wildman–Crippen MR) is 262 cm³/mol. The molecule has 0 bridgehead atoms. The molecule has 0 saturated carbocycles. The number of rotatable bonds is 13. The Morgan fingerprint density at radius 2 is 1.19 bits per heavy atom. The number of fused-ring (bicyclic) bond motifs is 2. The maximum absolute atomic E-state index is 12.0. The second-order valence-corrected chi connectivity index (χ2v) is 17.9. The number of carbonyl (C=O) groups excluding carboxylic acids is 2. The maximum atomic E-state index is 12.0. The number of hydrogen-bond acceptors (Lipinski definition) is 7. The highest BCUT2D eigenvalue weighted by molar-refractivity contribution is 9.09. The molecule has 4 heterocycles. The van der Waals surface area contributed by atoms with Gasteiger partial charge in [-0.05, 0) is 136 Å². The van der Waals surface area contributed by atoms with Crippen molar-refractivity contribution in [2.24, 2.45) is 0 Å². The van der Waals surface area contributed by atoms with E-state index in [1.165, 1.54) is 5.56 Å². The molecule has 4 aliphatic rings. The van der Waals surface area contributed by atoms with Crippen LogP contribution >= 0.6 is 74.7 Å². The van der Waals surface area contributed by atoms with Gasteiger partial charge in [-0.15, -0.1) is 12.4 Å². The number of carbonyl (C=O) groups is 2. The Balaban J connectivity index is 0.000000192. The summed E-state index contributed by atoms with van der Waals surface area (Å²) >= 11 is 28.0. The number of piperazine rings is 1. The Hall–Kier alpha value is -2.93. The highest BCUT2D eigenvalue weighted by Gasteiger charge is 2.23. The van der Waals surface area contributed by atoms with Crippen molar-refractivity contribution in [3.8, 4) is 11.5 Å². The number of benzene rings is 4. The van der Waals surface area contributed by atoms with E-state index < -0.39 is 0 Å². The topological polar surface area (TPSA) is 95.2 Å². The van der Waals surface area contributed by atoms with Crippen LogP contribution in [-0.4, -0.2) is 94.2 Å². The first-order valence-electron chi connectivity index (χ1n) is 21.4. The van der Waals surface area contributed by atoms with Crippen molar-refractivity contribution in [2.45, 2.75) is 57.3 Å². The summed E-state index contributed by atoms with van der Waals surface area (Å²) in [6.07, 6.45) is 8.27. The third-order valence-corrected chi connectivity index (χ3v) is 13.5. The van der Waals surface area contributed by atoms with Crippen molar-refractivity contribution >= 4 is 92.2 Å². The first kappa shape index (κ1) is 50.1. The van der Waals surface area contributed by atoms with E-state index >= 15 is 0 Å². The zero-order valence-electron chi connectivity index (χ0n) is 35.0. The molecule has 0 unspecified atom stereocenters. The van der Waals surface area contributed by atoms with Gasteiger partial charge < -0.3 is 35.2 Å². The lowest BCUT2D eigenvalue weighted by Crippen LogP contribution is -2.43. The molecule has 336 valence electrons. The summed E-state index contributed by atoms with van der Waals surface area (Å²) in [6, 6.07) is 23.4. The van der Waals surface area contributed by atoms with Crippen molar-refractivity contribution in [3.63, 3.8) is 0 Å². The fourth-order valence-electron chi connectivity index (χ4n) is 7.92. The molecule has 0 atom stereocenters. The van der Waals surface area contributed by atoms with Crippen LogP contribution in [0.1, 0.15) is 81.8 Å². The maximum Gasteiger partial charge on any atom is 0.251 e. The van der Waals surface area contributed by atoms with Gasteiger partial charge in [0.2, 0.25) is 0 Å². The van der Waals surface area contributed by atoms with E-state index in [4.69, 9.17) is 55.9 Å². The third-order valence-electron chi connectivity index (χ3n) is 11.3. The Kier molecular flexibility index (Phi) is 21.1. The number of anilines is 1. The molecule has 3 N–H and O–H groups in total. The summed E-state index contributed by atoms with van der Waals surface area (Å²) in [5.74, 6) is 2.08. The second-order valence-electron chi connectivity index (χ2n) is 15.5. The van der Waals surface area contributed by atoms with Crippen LogP contribution in [0, 0.1) is 0 Å². The van der Waals surface area contributed by atoms with E-state index in [1.54, 1.807) is 0 Å². The minimum absolute atomic E-state index is 0. The predicted octanol–water partition coefficient (Wildman–Crippen LogP) is 10.7. The molecule has 0 aromatic heterocycles. The van der Waals surface area contributed by atoms with E-state index in [-0.39, 0.29) is 24.2 Å². The lowest BCUT2D eigenvalue weighted by atomic mass is 9.89. The Bertz CT molecular complexity index is 2070. The number of unbranched alkanes of at least 4 members (excludes halogenated alkanes) is 2. The molecule has 9 nitrogen and oxygen atoms in total. The summed E-state index contributed by atoms with van der Waals surface area (Å²) < 4.78 is 11.5. The molecule has 2 fully saturated rings. The first-order valence-corrected chi connectivity index (χ1v) is 24.0. The van der Waals surface area contributed by atoms with E-state index in [2.05, 4.69) is 47.7 Å². The third kappa shape index (κ3) is 14.5. The van der Waals surface area contributed by atoms with Crippen molar-refractivity contribution in [3.05, 3.63) is 121 Å². The van der Waals surface area contributed by atoms with E-state index in [9.17, 15) is 9.59 Å². The molecule has 4 aliphatic heterocycles. The van der Waals surface area contributed by atoms with Gasteiger partial charge in [-0.25, -0.2) is 0 Å². The number of ether oxygens (including phenoxy) is 2. The molecule has 2 amide bonds. The van der Waals surface area contributed by atoms with Crippen LogP contribution in [-0.2, 0) is 12.8 Å². The van der Waals surface area contributed by atoms with Crippen LogP contribution in [0.5, 0.6) is 11.5 Å². The summed E-state index contributed by atoms with van der Waals surface area (Å²) in [5.41, 5.74) is 5.96. The highest BCUT2D eigenvalue weighted by atomic mass is 79.9. The lowest BCUT2D eigenvalue weighted by Gasteiger charge is -2.32. The zero-order chi connectivity index (χ0) is 43.0. The number of nitrogens with zero attached hydrogens (tertiary/aromatic N) is 2. The Morgan fingerprint density at radius 3 is 1.77 bits per heavy atom. The van der Waals surface area contributed by atoms with Gasteiger partial charge in [0.15, 0.2) is 0 Å². The molecule has 62 heavy (non-hydrogen) atoms. The van der Waals surface area contributed by atoms with Crippen molar-refractivity contribution in [1.82, 2.24) is 20.9 Å². The number of nitrogens with one attached hydrogen (secondary N) is 3. The molecule has 2 saturated heterocycles. The summed E-state index contributed by atoms with van der Waals surface area (Å²) in [5, 5.41) is 12.7. The Morgan fingerprint density at radius 1 is 0.645 bits per heavy atom. The Labute approximate surface area is 401 Å². The average Bonchev–Trinajstić information content (AvgIpc) is 3.28. The molecular formula is C47H57BrCl5N5O4. The van der Waals surface area contributed by atoms with Gasteiger partial charge in [0, 0.05) is 55.7 Å². The molecule has 4 aromatic rings. The number of amides is 2. The lowest BCUT2D eigenvalue weighted by molar-refractivity contribution is 0.0937. The van der Waals surface area contributed by atoms with E-state index in [0.29, 0.717) is 34.2 Å². The summed E-state index contributed by atoms with van der Waals surface area (Å²) in [4.78, 5) is 28.4. The van der Waals surface area contributed by atoms with E-state index in [1.807, 2.05) is 66.7 Å². The van der Waals surface area contributed by atoms with Crippen LogP contribution in [0.4, 0.5) is 5.69 Å². The van der Waals surface area contributed by atoms with Crippen molar-refractivity contribution in [1.29, 1.82) is 0 Å². The van der Waals surface area contributed by atoms with Crippen molar-refractivity contribution in [2.75, 3.05) is 82.3 Å². The number of hydrogen-bond donors (Lipinski definition) is 3. The molecule has 4 aromatic carbocycles. The smallest absolute Gasteiger partial charge is 0.251 e. The van der Waals surface area contributed by atoms with Crippen molar-refractivity contribution < 1.29 is 19.1 Å². The monoisotopic (exact) mass is 1010 g/mol. The number of alkyl halides is 1. The van der Waals surface area contributed by atoms with Crippen LogP contribution in [0.15, 0.2) is 72.8 Å². The van der Waals surface area contributed by atoms with Crippen LogP contribution in [0.25, 0.3) is 0 Å². The number of likely N-dealkylation sites (tertiary alicyclic amines) is 1.